The zero-order valence-electron chi connectivity index (χ0n) is 61.6. The molecule has 1 saturated carbocycles. The van der Waals surface area contributed by atoms with Crippen LogP contribution in [0.5, 0.6) is 0 Å². The fourth-order valence-electron chi connectivity index (χ4n) is 14.8. The molecule has 0 spiro atoms. The Morgan fingerprint density at radius 2 is 0.954 bits per heavy atom. The maximum atomic E-state index is 13.4. The zero-order chi connectivity index (χ0) is 74.3. The number of carbonyl (C=O) groups excluding carboxylic acids is 3. The number of hydrogen-bond acceptors (Lipinski definition) is 21. The molecule has 27 nitrogen and oxygen atoms in total. The number of nitrogens with zero attached hydrogens (tertiary/aromatic N) is 15. The lowest BCUT2D eigenvalue weighted by Crippen LogP contribution is -2.47. The van der Waals surface area contributed by atoms with Gasteiger partial charge in [0.25, 0.3) is 17.7 Å². The van der Waals surface area contributed by atoms with Crippen molar-refractivity contribution in [1.29, 1.82) is 0 Å². The van der Waals surface area contributed by atoms with E-state index in [9.17, 15) is 14.4 Å². The summed E-state index contributed by atoms with van der Waals surface area (Å²) < 4.78 is 11.0. The molecule has 560 valence electrons. The first-order valence-corrected chi connectivity index (χ1v) is 37.8. The average molecular weight is 1470 g/mol. The first-order chi connectivity index (χ1) is 53.5. The van der Waals surface area contributed by atoms with E-state index in [-0.39, 0.29) is 23.8 Å². The number of likely N-dealkylation sites (tertiary alicyclic amines) is 1. The molecule has 1 unspecified atom stereocenters. The van der Waals surface area contributed by atoms with Crippen LogP contribution in [0.1, 0.15) is 70.0 Å². The standard InChI is InChI=1S/2C28H31N7O2.C26H30N8O/c36-27(35-11-3-4-20(19-35)18-34-12-14-37-15-13-34)26-17-21-16-22(6-7-23(21)32-26)31-28-30-10-8-25(33-28)24-5-1-2-9-29-24;36-27(31-20-4-7-22(8-5-20)35-13-15-37-16-14-35)26-18-19-17-21(6-9-23(19)33-26)32-28-30-12-10-25(34-28)24-3-1-2-11-29-24;1-32-11-14-34(15-12-32)16-13-33(2)25(35)24-18-19-17-20(6-7-21(19)30-24)29-26-28-10-8-23(31-26)22-5-3-4-9-27-22/h1-2,5-10,16-17,20,32H,3-4,11-15,18-19H2,(H,30,31,33);1-3,6,9-12,17-18,20,22,33H,4-5,7-8,13-16H2,(H,31,36)(H,30,32,34);3-10,17-18,30H,11-16H2,1-2H3,(H,28,29,31). The summed E-state index contributed by atoms with van der Waals surface area (Å²) in [6.07, 6.45) is 16.9. The Kier molecular flexibility index (Phi) is 23.5. The van der Waals surface area contributed by atoms with E-state index in [1.54, 1.807) is 42.1 Å². The predicted octanol–water partition coefficient (Wildman–Crippen LogP) is 11.2. The summed E-state index contributed by atoms with van der Waals surface area (Å²) in [4.78, 5) is 103. The van der Waals surface area contributed by atoms with Crippen molar-refractivity contribution in [3.8, 4) is 34.2 Å². The minimum atomic E-state index is -0.0491. The maximum absolute atomic E-state index is 13.4. The number of piperazine rings is 1. The van der Waals surface area contributed by atoms with E-state index in [0.717, 1.165) is 221 Å². The van der Waals surface area contributed by atoms with Crippen LogP contribution in [-0.2, 0) is 9.47 Å². The first-order valence-electron chi connectivity index (χ1n) is 37.8. The summed E-state index contributed by atoms with van der Waals surface area (Å²) in [6.45, 7) is 15.8. The number of hydrogen-bond donors (Lipinski definition) is 7. The highest BCUT2D eigenvalue weighted by Crippen LogP contribution is 2.30. The lowest BCUT2D eigenvalue weighted by molar-refractivity contribution is 0.00664. The summed E-state index contributed by atoms with van der Waals surface area (Å²) in [6, 6.07) is 47.0. The Hall–Kier alpha value is -11.5. The number of aromatic nitrogens is 12. The Labute approximate surface area is 632 Å². The third kappa shape index (κ3) is 19.1. The van der Waals surface area contributed by atoms with Gasteiger partial charge >= 0.3 is 0 Å². The van der Waals surface area contributed by atoms with Crippen LogP contribution in [0.15, 0.2) is 183 Å². The molecule has 5 aliphatic rings. The van der Waals surface area contributed by atoms with E-state index >= 15 is 0 Å². The van der Waals surface area contributed by atoms with Gasteiger partial charge < -0.3 is 60.4 Å². The molecule has 109 heavy (non-hydrogen) atoms. The third-order valence-electron chi connectivity index (χ3n) is 20.8. The van der Waals surface area contributed by atoms with E-state index in [1.807, 2.05) is 158 Å². The number of ether oxygens (including phenoxy) is 2. The molecule has 1 atom stereocenters. The van der Waals surface area contributed by atoms with Crippen LogP contribution in [0.2, 0.25) is 0 Å². The molecule has 9 aromatic heterocycles. The number of anilines is 6. The molecule has 3 aromatic carbocycles. The van der Waals surface area contributed by atoms with Crippen molar-refractivity contribution in [2.75, 3.05) is 142 Å². The Morgan fingerprint density at radius 3 is 1.46 bits per heavy atom. The number of rotatable bonds is 19. The molecule has 13 heterocycles. The monoisotopic (exact) mass is 1460 g/mol. The van der Waals surface area contributed by atoms with E-state index in [2.05, 4.69) is 108 Å². The van der Waals surface area contributed by atoms with Gasteiger partial charge in [0.15, 0.2) is 0 Å². The lowest BCUT2D eigenvalue weighted by Gasteiger charge is -2.38. The van der Waals surface area contributed by atoms with Gasteiger partial charge in [-0.15, -0.1) is 0 Å². The van der Waals surface area contributed by atoms with Crippen molar-refractivity contribution in [2.24, 2.45) is 5.92 Å². The van der Waals surface area contributed by atoms with Gasteiger partial charge in [0.05, 0.1) is 60.6 Å². The summed E-state index contributed by atoms with van der Waals surface area (Å²) in [5.74, 6) is 2.01. The second-order valence-electron chi connectivity index (χ2n) is 28.4. The van der Waals surface area contributed by atoms with Gasteiger partial charge in [-0.1, -0.05) is 18.2 Å². The summed E-state index contributed by atoms with van der Waals surface area (Å²) >= 11 is 0. The van der Waals surface area contributed by atoms with Crippen LogP contribution in [0.25, 0.3) is 66.9 Å². The first kappa shape index (κ1) is 73.1. The molecule has 1 aliphatic carbocycles. The largest absolute Gasteiger partial charge is 0.379 e. The van der Waals surface area contributed by atoms with Gasteiger partial charge in [0, 0.05) is 191 Å². The predicted molar refractivity (Wildman–Crippen MR) is 423 cm³/mol. The molecular formula is C82H92N22O5. The average Bonchev–Trinajstić information content (AvgIpc) is 1.66. The molecule has 17 rings (SSSR count). The van der Waals surface area contributed by atoms with Crippen LogP contribution in [0.4, 0.5) is 34.9 Å². The smallest absolute Gasteiger partial charge is 0.270 e. The van der Waals surface area contributed by atoms with Gasteiger partial charge in [0.2, 0.25) is 17.8 Å². The topological polar surface area (TPSA) is 301 Å². The third-order valence-corrected chi connectivity index (χ3v) is 20.8. The number of carbonyl (C=O) groups is 3. The Morgan fingerprint density at radius 1 is 0.477 bits per heavy atom. The van der Waals surface area contributed by atoms with Crippen molar-refractivity contribution in [3.05, 3.63) is 200 Å². The molecule has 12 aromatic rings. The van der Waals surface area contributed by atoms with Crippen molar-refractivity contribution < 1.29 is 23.9 Å². The van der Waals surface area contributed by atoms with Gasteiger partial charge in [-0.05, 0) is 179 Å². The number of morpholine rings is 2. The number of likely N-dealkylation sites (N-methyl/N-ethyl adjacent to an activating group) is 2. The van der Waals surface area contributed by atoms with Crippen LogP contribution < -0.4 is 21.3 Å². The summed E-state index contributed by atoms with van der Waals surface area (Å²) in [7, 11) is 4.01. The van der Waals surface area contributed by atoms with Crippen molar-refractivity contribution >= 4 is 85.3 Å². The van der Waals surface area contributed by atoms with Crippen molar-refractivity contribution in [3.63, 3.8) is 0 Å². The second-order valence-corrected chi connectivity index (χ2v) is 28.4. The number of pyridine rings is 3. The number of piperidine rings is 1. The van der Waals surface area contributed by atoms with Crippen molar-refractivity contribution in [1.82, 2.24) is 94.5 Å². The molecular weight excluding hydrogens is 1370 g/mol. The fourth-order valence-corrected chi connectivity index (χ4v) is 14.8. The van der Waals surface area contributed by atoms with Gasteiger partial charge in [-0.2, -0.15) is 0 Å². The highest BCUT2D eigenvalue weighted by atomic mass is 16.5. The number of fused-ring (bicyclic) bond motifs is 3. The molecule has 3 amide bonds. The minimum absolute atomic E-state index is 0.00349. The van der Waals surface area contributed by atoms with Gasteiger partial charge in [-0.3, -0.25) is 44.0 Å². The maximum Gasteiger partial charge on any atom is 0.270 e. The van der Waals surface area contributed by atoms with Crippen LogP contribution in [-0.4, -0.2) is 245 Å². The van der Waals surface area contributed by atoms with Gasteiger partial charge in [-0.25, -0.2) is 29.9 Å². The molecule has 7 N–H and O–H groups in total. The number of benzene rings is 3. The number of amides is 3. The number of H-pyrrole nitrogens is 3. The highest BCUT2D eigenvalue weighted by molar-refractivity contribution is 6.01. The summed E-state index contributed by atoms with van der Waals surface area (Å²) in [5, 5.41) is 15.9. The molecule has 5 fully saturated rings. The Balaban J connectivity index is 0.000000130. The van der Waals surface area contributed by atoms with E-state index in [1.165, 1.54) is 6.42 Å². The van der Waals surface area contributed by atoms with Gasteiger partial charge in [0.1, 0.15) is 17.1 Å². The van der Waals surface area contributed by atoms with E-state index in [4.69, 9.17) is 9.47 Å². The normalized spacial score (nSPS) is 18.1. The second kappa shape index (κ2) is 35.1. The lowest BCUT2D eigenvalue weighted by atomic mass is 9.90. The van der Waals surface area contributed by atoms with E-state index < -0.39 is 0 Å². The minimum Gasteiger partial charge on any atom is -0.379 e. The van der Waals surface area contributed by atoms with Crippen LogP contribution in [0.3, 0.4) is 0 Å². The highest BCUT2D eigenvalue weighted by Gasteiger charge is 2.30. The fraction of sp³-hybridized carbons (Fsp3) is 0.341. The Bertz CT molecular complexity index is 5020. The number of nitrogens with one attached hydrogen (secondary N) is 7. The van der Waals surface area contributed by atoms with E-state index in [0.29, 0.717) is 53.4 Å². The molecule has 0 bridgehead atoms. The molecule has 4 saturated heterocycles. The zero-order valence-corrected chi connectivity index (χ0v) is 61.6. The molecule has 27 heteroatoms. The quantitative estimate of drug-likeness (QED) is 0.0396. The summed E-state index contributed by atoms with van der Waals surface area (Å²) in [5.41, 5.74) is 11.7. The van der Waals surface area contributed by atoms with Crippen molar-refractivity contribution in [2.45, 2.75) is 50.6 Å². The van der Waals surface area contributed by atoms with Crippen LogP contribution >= 0.6 is 0 Å². The van der Waals surface area contributed by atoms with Crippen LogP contribution in [0, 0.1) is 5.92 Å². The molecule has 4 aliphatic heterocycles. The molecule has 0 radical (unpaired) electrons. The number of aromatic amines is 3. The SMILES string of the molecule is CN1CCN(CCN(C)C(=O)c2cc3cc(Nc4nccc(-c5ccccn5)n4)ccc3[nH]2)CC1.O=C(NC1CCC(N2CCOCC2)CC1)c1cc2cc(Nc3nccc(-c4ccccn4)n3)ccc2[nH]1.O=C(c1cc2cc(Nc3nccc(-c4ccccn4)n3)ccc2[nH]1)N1CCCC(CN2CCOCC2)C1.